The molecule has 0 spiro atoms. The zero-order chi connectivity index (χ0) is 13.3. The third kappa shape index (κ3) is 2.31. The van der Waals surface area contributed by atoms with Gasteiger partial charge in [0.25, 0.3) is 0 Å². The Bertz CT molecular complexity index is 533. The average molecular weight is 270 g/mol. The van der Waals surface area contributed by atoms with Crippen LogP contribution in [0.5, 0.6) is 0 Å². The standard InChI is InChI=1S/C11H14N2O4S/c1-7-6-18-11(17)13(7)5-9(14)12-4-2-3-8(12)10(15)16/h6,8H,2-5H2,1H3,(H,15,16). The maximum atomic E-state index is 12.0. The fourth-order valence-electron chi connectivity index (χ4n) is 2.14. The molecule has 1 fully saturated rings. The fraction of sp³-hybridized carbons (Fsp3) is 0.545. The minimum atomic E-state index is -0.977. The Morgan fingerprint density at radius 3 is 2.83 bits per heavy atom. The van der Waals surface area contributed by atoms with Crippen molar-refractivity contribution in [2.75, 3.05) is 6.54 Å². The van der Waals surface area contributed by atoms with Gasteiger partial charge in [-0.15, -0.1) is 0 Å². The average Bonchev–Trinajstić information content (AvgIpc) is 2.90. The number of carbonyl (C=O) groups is 2. The molecule has 1 atom stereocenters. The first-order chi connectivity index (χ1) is 8.50. The molecule has 0 bridgehead atoms. The van der Waals surface area contributed by atoms with E-state index >= 15 is 0 Å². The number of carboxylic acid groups (broad SMARTS) is 1. The Labute approximate surface area is 107 Å². The van der Waals surface area contributed by atoms with E-state index in [1.807, 2.05) is 0 Å². The number of aliphatic carboxylic acids is 1. The molecule has 1 N–H and O–H groups in total. The predicted octanol–water partition coefficient (Wildman–Crippen LogP) is 0.294. The number of thiazole rings is 1. The molecular formula is C11H14N2O4S. The first-order valence-electron chi connectivity index (χ1n) is 5.68. The number of carbonyl (C=O) groups excluding carboxylic acids is 1. The maximum Gasteiger partial charge on any atom is 0.326 e. The van der Waals surface area contributed by atoms with Crippen molar-refractivity contribution in [3.8, 4) is 0 Å². The second-order valence-electron chi connectivity index (χ2n) is 4.31. The van der Waals surface area contributed by atoms with Crippen LogP contribution in [0.25, 0.3) is 0 Å². The number of rotatable bonds is 3. The van der Waals surface area contributed by atoms with Crippen molar-refractivity contribution >= 4 is 23.2 Å². The van der Waals surface area contributed by atoms with Crippen LogP contribution in [0, 0.1) is 6.92 Å². The number of likely N-dealkylation sites (tertiary alicyclic amines) is 1. The van der Waals surface area contributed by atoms with E-state index in [4.69, 9.17) is 5.11 Å². The lowest BCUT2D eigenvalue weighted by Crippen LogP contribution is -2.42. The summed E-state index contributed by atoms with van der Waals surface area (Å²) in [6.45, 7) is 2.13. The second-order valence-corrected chi connectivity index (χ2v) is 5.13. The number of aryl methyl sites for hydroxylation is 1. The predicted molar refractivity (Wildman–Crippen MR) is 65.7 cm³/mol. The highest BCUT2D eigenvalue weighted by Gasteiger charge is 2.34. The van der Waals surface area contributed by atoms with E-state index in [2.05, 4.69) is 0 Å². The van der Waals surface area contributed by atoms with Crippen LogP contribution in [0.15, 0.2) is 10.2 Å². The summed E-state index contributed by atoms with van der Waals surface area (Å²) >= 11 is 1.04. The van der Waals surface area contributed by atoms with Crippen molar-refractivity contribution in [1.29, 1.82) is 0 Å². The van der Waals surface area contributed by atoms with Crippen LogP contribution in [0.1, 0.15) is 18.5 Å². The molecule has 1 aromatic rings. The molecule has 1 aromatic heterocycles. The van der Waals surface area contributed by atoms with E-state index in [1.54, 1.807) is 12.3 Å². The molecule has 0 saturated carbocycles. The quantitative estimate of drug-likeness (QED) is 0.856. The Hall–Kier alpha value is -1.63. The molecule has 1 saturated heterocycles. The van der Waals surface area contributed by atoms with E-state index < -0.39 is 12.0 Å². The highest BCUT2D eigenvalue weighted by atomic mass is 32.1. The summed E-state index contributed by atoms with van der Waals surface area (Å²) in [5.74, 6) is -1.28. The SMILES string of the molecule is Cc1csc(=O)n1CC(=O)N1CCCC1C(=O)O. The molecule has 2 rings (SSSR count). The van der Waals surface area contributed by atoms with Gasteiger partial charge in [0.15, 0.2) is 0 Å². The highest BCUT2D eigenvalue weighted by Crippen LogP contribution is 2.18. The molecule has 2 heterocycles. The van der Waals surface area contributed by atoms with E-state index in [0.717, 1.165) is 17.0 Å². The second kappa shape index (κ2) is 4.93. The van der Waals surface area contributed by atoms with Gasteiger partial charge in [0.1, 0.15) is 12.6 Å². The number of carboxylic acids is 1. The molecule has 6 nitrogen and oxygen atoms in total. The van der Waals surface area contributed by atoms with Gasteiger partial charge in [-0.25, -0.2) is 4.79 Å². The number of nitrogens with zero attached hydrogens (tertiary/aromatic N) is 2. The smallest absolute Gasteiger partial charge is 0.326 e. The van der Waals surface area contributed by atoms with Crippen LogP contribution in [0.4, 0.5) is 0 Å². The van der Waals surface area contributed by atoms with Crippen molar-refractivity contribution < 1.29 is 14.7 Å². The maximum absolute atomic E-state index is 12.0. The number of hydrogen-bond donors (Lipinski definition) is 1. The Morgan fingerprint density at radius 1 is 1.56 bits per heavy atom. The molecule has 1 aliphatic rings. The van der Waals surface area contributed by atoms with Gasteiger partial charge in [0, 0.05) is 17.6 Å². The van der Waals surface area contributed by atoms with E-state index in [1.165, 1.54) is 9.47 Å². The van der Waals surface area contributed by atoms with Gasteiger partial charge >= 0.3 is 10.8 Å². The topological polar surface area (TPSA) is 79.6 Å². The summed E-state index contributed by atoms with van der Waals surface area (Å²) in [7, 11) is 0. The zero-order valence-electron chi connectivity index (χ0n) is 9.96. The van der Waals surface area contributed by atoms with Gasteiger partial charge < -0.3 is 10.0 Å². The van der Waals surface area contributed by atoms with Crippen molar-refractivity contribution in [2.45, 2.75) is 32.4 Å². The molecular weight excluding hydrogens is 256 g/mol. The molecule has 98 valence electrons. The van der Waals surface area contributed by atoms with Gasteiger partial charge in [-0.1, -0.05) is 11.3 Å². The zero-order valence-corrected chi connectivity index (χ0v) is 10.8. The monoisotopic (exact) mass is 270 g/mol. The lowest BCUT2D eigenvalue weighted by atomic mass is 10.2. The van der Waals surface area contributed by atoms with Crippen molar-refractivity contribution in [3.63, 3.8) is 0 Å². The van der Waals surface area contributed by atoms with Crippen LogP contribution >= 0.6 is 11.3 Å². The van der Waals surface area contributed by atoms with Crippen molar-refractivity contribution in [3.05, 3.63) is 20.7 Å². The summed E-state index contributed by atoms with van der Waals surface area (Å²) in [4.78, 5) is 35.7. The minimum absolute atomic E-state index is 0.0715. The largest absolute Gasteiger partial charge is 0.480 e. The van der Waals surface area contributed by atoms with Gasteiger partial charge in [-0.3, -0.25) is 14.2 Å². The Morgan fingerprint density at radius 2 is 2.28 bits per heavy atom. The van der Waals surface area contributed by atoms with Crippen molar-refractivity contribution in [2.24, 2.45) is 0 Å². The minimum Gasteiger partial charge on any atom is -0.480 e. The number of aromatic nitrogens is 1. The molecule has 1 unspecified atom stereocenters. The van der Waals surface area contributed by atoms with Gasteiger partial charge in [0.05, 0.1) is 0 Å². The highest BCUT2D eigenvalue weighted by molar-refractivity contribution is 7.07. The first-order valence-corrected chi connectivity index (χ1v) is 6.56. The van der Waals surface area contributed by atoms with E-state index in [0.29, 0.717) is 19.4 Å². The molecule has 7 heteroatoms. The number of amides is 1. The first kappa shape index (κ1) is 12.8. The molecule has 1 amide bonds. The third-order valence-corrected chi connectivity index (χ3v) is 4.01. The van der Waals surface area contributed by atoms with Crippen LogP contribution in [-0.4, -0.2) is 39.0 Å². The third-order valence-electron chi connectivity index (χ3n) is 3.13. The summed E-state index contributed by atoms with van der Waals surface area (Å²) in [5.41, 5.74) is 0.726. The lowest BCUT2D eigenvalue weighted by Gasteiger charge is -2.21. The van der Waals surface area contributed by atoms with Gasteiger partial charge in [-0.2, -0.15) is 0 Å². The summed E-state index contributed by atoms with van der Waals surface area (Å²) in [5, 5.41) is 10.7. The van der Waals surface area contributed by atoms with E-state index in [9.17, 15) is 14.4 Å². The Kier molecular flexibility index (Phi) is 3.51. The van der Waals surface area contributed by atoms with Gasteiger partial charge in [0.2, 0.25) is 5.91 Å². The molecule has 1 aliphatic heterocycles. The molecule has 0 aliphatic carbocycles. The summed E-state index contributed by atoms with van der Waals surface area (Å²) in [6.07, 6.45) is 1.18. The summed E-state index contributed by atoms with van der Waals surface area (Å²) in [6, 6.07) is -0.743. The van der Waals surface area contributed by atoms with Crippen LogP contribution in [-0.2, 0) is 16.1 Å². The fourth-order valence-corrected chi connectivity index (χ4v) is 2.88. The van der Waals surface area contributed by atoms with E-state index in [-0.39, 0.29) is 17.3 Å². The number of hydrogen-bond acceptors (Lipinski definition) is 4. The Balaban J connectivity index is 2.13. The molecule has 0 aromatic carbocycles. The van der Waals surface area contributed by atoms with Crippen LogP contribution in [0.2, 0.25) is 0 Å². The molecule has 18 heavy (non-hydrogen) atoms. The molecule has 0 radical (unpaired) electrons. The van der Waals surface area contributed by atoms with Crippen LogP contribution < -0.4 is 4.87 Å². The van der Waals surface area contributed by atoms with Crippen molar-refractivity contribution in [1.82, 2.24) is 9.47 Å². The van der Waals surface area contributed by atoms with Crippen LogP contribution in [0.3, 0.4) is 0 Å². The lowest BCUT2D eigenvalue weighted by molar-refractivity contribution is -0.148. The summed E-state index contributed by atoms with van der Waals surface area (Å²) < 4.78 is 1.38. The van der Waals surface area contributed by atoms with Gasteiger partial charge in [-0.05, 0) is 19.8 Å². The normalized spacial score (nSPS) is 19.2.